The summed E-state index contributed by atoms with van der Waals surface area (Å²) in [6.07, 6.45) is 1.47. The van der Waals surface area contributed by atoms with Gasteiger partial charge in [0.25, 0.3) is 5.91 Å². The number of aryl methyl sites for hydroxylation is 2. The number of rotatable bonds is 3. The lowest BCUT2D eigenvalue weighted by Gasteiger charge is -2.07. The highest BCUT2D eigenvalue weighted by Gasteiger charge is 2.18. The molecule has 20 heavy (non-hydrogen) atoms. The summed E-state index contributed by atoms with van der Waals surface area (Å²) in [7, 11) is 0. The summed E-state index contributed by atoms with van der Waals surface area (Å²) >= 11 is 3.31. The SMILES string of the molecule is Cc1ccc(Br)c(C(=O)Nc2c[nH]c(C)c2C(=O)O)c1. The number of halogens is 1. The van der Waals surface area contributed by atoms with Crippen LogP contribution < -0.4 is 5.32 Å². The van der Waals surface area contributed by atoms with Crippen LogP contribution in [0.2, 0.25) is 0 Å². The zero-order valence-electron chi connectivity index (χ0n) is 11.0. The molecule has 0 spiro atoms. The molecule has 1 heterocycles. The minimum atomic E-state index is -1.08. The van der Waals surface area contributed by atoms with Gasteiger partial charge in [0.1, 0.15) is 5.56 Å². The Balaban J connectivity index is 2.33. The normalized spacial score (nSPS) is 10.3. The molecule has 1 aromatic carbocycles. The third-order valence-electron chi connectivity index (χ3n) is 2.91. The van der Waals surface area contributed by atoms with Gasteiger partial charge in [-0.1, -0.05) is 11.6 Å². The summed E-state index contributed by atoms with van der Waals surface area (Å²) in [6.45, 7) is 3.52. The van der Waals surface area contributed by atoms with Gasteiger partial charge in [-0.25, -0.2) is 4.79 Å². The van der Waals surface area contributed by atoms with Crippen molar-refractivity contribution >= 4 is 33.5 Å². The molecule has 0 saturated carbocycles. The van der Waals surface area contributed by atoms with Crippen molar-refractivity contribution < 1.29 is 14.7 Å². The van der Waals surface area contributed by atoms with Crippen LogP contribution in [0, 0.1) is 13.8 Å². The fourth-order valence-electron chi connectivity index (χ4n) is 1.90. The number of aromatic carboxylic acids is 1. The lowest BCUT2D eigenvalue weighted by molar-refractivity contribution is 0.0697. The number of aromatic amines is 1. The summed E-state index contributed by atoms with van der Waals surface area (Å²) in [4.78, 5) is 26.2. The van der Waals surface area contributed by atoms with E-state index in [4.69, 9.17) is 5.11 Å². The number of hydrogen-bond donors (Lipinski definition) is 3. The molecule has 2 rings (SSSR count). The fourth-order valence-corrected chi connectivity index (χ4v) is 2.33. The highest BCUT2D eigenvalue weighted by molar-refractivity contribution is 9.10. The topological polar surface area (TPSA) is 82.2 Å². The highest BCUT2D eigenvalue weighted by Crippen LogP contribution is 2.23. The minimum Gasteiger partial charge on any atom is -0.478 e. The first kappa shape index (κ1) is 14.3. The highest BCUT2D eigenvalue weighted by atomic mass is 79.9. The van der Waals surface area contributed by atoms with Gasteiger partial charge in [0, 0.05) is 16.4 Å². The molecule has 0 aliphatic carbocycles. The molecule has 1 aromatic heterocycles. The van der Waals surface area contributed by atoms with Crippen molar-refractivity contribution in [2.24, 2.45) is 0 Å². The third-order valence-corrected chi connectivity index (χ3v) is 3.60. The Bertz CT molecular complexity index is 692. The second-order valence-corrected chi connectivity index (χ2v) is 5.30. The number of carboxylic acids is 1. The Morgan fingerprint density at radius 2 is 2.00 bits per heavy atom. The van der Waals surface area contributed by atoms with Crippen LogP contribution in [0.25, 0.3) is 0 Å². The Labute approximate surface area is 124 Å². The number of aromatic nitrogens is 1. The van der Waals surface area contributed by atoms with Crippen molar-refractivity contribution in [2.45, 2.75) is 13.8 Å². The predicted octanol–water partition coefficient (Wildman–Crippen LogP) is 3.34. The van der Waals surface area contributed by atoms with Gasteiger partial charge in [-0.3, -0.25) is 4.79 Å². The van der Waals surface area contributed by atoms with Gasteiger partial charge in [0.05, 0.1) is 11.3 Å². The van der Waals surface area contributed by atoms with Gasteiger partial charge >= 0.3 is 5.97 Å². The number of hydrogen-bond acceptors (Lipinski definition) is 2. The first-order chi connectivity index (χ1) is 9.40. The van der Waals surface area contributed by atoms with E-state index in [0.717, 1.165) is 5.56 Å². The molecular formula is C14H13BrN2O3. The van der Waals surface area contributed by atoms with Gasteiger partial charge in [0.15, 0.2) is 0 Å². The molecule has 1 amide bonds. The van der Waals surface area contributed by atoms with E-state index in [9.17, 15) is 9.59 Å². The summed E-state index contributed by atoms with van der Waals surface area (Å²) in [6, 6.07) is 5.40. The largest absolute Gasteiger partial charge is 0.478 e. The maximum Gasteiger partial charge on any atom is 0.339 e. The zero-order chi connectivity index (χ0) is 14.9. The summed E-state index contributed by atoms with van der Waals surface area (Å²) in [5, 5.41) is 11.8. The molecule has 0 radical (unpaired) electrons. The quantitative estimate of drug-likeness (QED) is 0.803. The van der Waals surface area contributed by atoms with Crippen molar-refractivity contribution in [3.05, 3.63) is 51.3 Å². The van der Waals surface area contributed by atoms with Crippen LogP contribution in [0.15, 0.2) is 28.9 Å². The lowest BCUT2D eigenvalue weighted by atomic mass is 10.1. The Kier molecular flexibility index (Phi) is 3.94. The molecule has 6 heteroatoms. The van der Waals surface area contributed by atoms with Gasteiger partial charge < -0.3 is 15.4 Å². The average Bonchev–Trinajstić information content (AvgIpc) is 2.73. The molecule has 0 aliphatic heterocycles. The molecule has 3 N–H and O–H groups in total. The number of carbonyl (C=O) groups is 2. The van der Waals surface area contributed by atoms with Gasteiger partial charge in [0.2, 0.25) is 0 Å². The molecular weight excluding hydrogens is 324 g/mol. The van der Waals surface area contributed by atoms with E-state index in [1.165, 1.54) is 6.20 Å². The average molecular weight is 337 g/mol. The van der Waals surface area contributed by atoms with Crippen molar-refractivity contribution in [2.75, 3.05) is 5.32 Å². The van der Waals surface area contributed by atoms with Crippen LogP contribution in [0.5, 0.6) is 0 Å². The maximum atomic E-state index is 12.2. The first-order valence-electron chi connectivity index (χ1n) is 5.89. The number of H-pyrrole nitrogens is 1. The van der Waals surface area contributed by atoms with Crippen LogP contribution in [-0.2, 0) is 0 Å². The molecule has 0 unspecified atom stereocenters. The lowest BCUT2D eigenvalue weighted by Crippen LogP contribution is -2.14. The van der Waals surface area contributed by atoms with Crippen LogP contribution in [0.3, 0.4) is 0 Å². The van der Waals surface area contributed by atoms with E-state index in [-0.39, 0.29) is 17.2 Å². The monoisotopic (exact) mass is 336 g/mol. The molecule has 2 aromatic rings. The molecule has 0 atom stereocenters. The van der Waals surface area contributed by atoms with Gasteiger partial charge in [-0.05, 0) is 41.9 Å². The number of nitrogens with one attached hydrogen (secondary N) is 2. The number of carboxylic acid groups (broad SMARTS) is 1. The van der Waals surface area contributed by atoms with E-state index in [1.807, 2.05) is 13.0 Å². The Morgan fingerprint density at radius 3 is 2.65 bits per heavy atom. The van der Waals surface area contributed by atoms with Crippen molar-refractivity contribution in [1.29, 1.82) is 0 Å². The molecule has 5 nitrogen and oxygen atoms in total. The number of anilines is 1. The third kappa shape index (κ3) is 2.75. The van der Waals surface area contributed by atoms with Crippen LogP contribution in [0.4, 0.5) is 5.69 Å². The van der Waals surface area contributed by atoms with Crippen LogP contribution >= 0.6 is 15.9 Å². The second kappa shape index (κ2) is 5.50. The Morgan fingerprint density at radius 1 is 1.30 bits per heavy atom. The van der Waals surface area contributed by atoms with Gasteiger partial charge in [-0.15, -0.1) is 0 Å². The summed E-state index contributed by atoms with van der Waals surface area (Å²) in [5.41, 5.74) is 2.23. The summed E-state index contributed by atoms with van der Waals surface area (Å²) in [5.74, 6) is -1.44. The molecule has 0 bridgehead atoms. The standard InChI is InChI=1S/C14H13BrN2O3/c1-7-3-4-10(15)9(5-7)13(18)17-11-6-16-8(2)12(11)14(19)20/h3-6,16H,1-2H3,(H,17,18)(H,19,20). The predicted molar refractivity (Wildman–Crippen MR) is 79.3 cm³/mol. The van der Waals surface area contributed by atoms with E-state index in [2.05, 4.69) is 26.2 Å². The van der Waals surface area contributed by atoms with Crippen molar-refractivity contribution in [3.63, 3.8) is 0 Å². The van der Waals surface area contributed by atoms with Crippen LogP contribution in [0.1, 0.15) is 32.0 Å². The number of benzene rings is 1. The fraction of sp³-hybridized carbons (Fsp3) is 0.143. The van der Waals surface area contributed by atoms with Crippen LogP contribution in [-0.4, -0.2) is 22.0 Å². The van der Waals surface area contributed by atoms with E-state index in [0.29, 0.717) is 15.7 Å². The first-order valence-corrected chi connectivity index (χ1v) is 6.68. The molecule has 0 saturated heterocycles. The van der Waals surface area contributed by atoms with E-state index >= 15 is 0 Å². The molecule has 0 fully saturated rings. The van der Waals surface area contributed by atoms with Crippen molar-refractivity contribution in [3.8, 4) is 0 Å². The smallest absolute Gasteiger partial charge is 0.339 e. The van der Waals surface area contributed by atoms with E-state index in [1.54, 1.807) is 19.1 Å². The zero-order valence-corrected chi connectivity index (χ0v) is 12.5. The molecule has 104 valence electrons. The van der Waals surface area contributed by atoms with E-state index < -0.39 is 5.97 Å². The number of amides is 1. The summed E-state index contributed by atoms with van der Waals surface area (Å²) < 4.78 is 0.657. The Hall–Kier alpha value is -2.08. The second-order valence-electron chi connectivity index (χ2n) is 4.44. The minimum absolute atomic E-state index is 0.0714. The maximum absolute atomic E-state index is 12.2. The number of carbonyl (C=O) groups excluding carboxylic acids is 1. The van der Waals surface area contributed by atoms with Gasteiger partial charge in [-0.2, -0.15) is 0 Å². The molecule has 0 aliphatic rings. The van der Waals surface area contributed by atoms with Crippen molar-refractivity contribution in [1.82, 2.24) is 4.98 Å².